The van der Waals surface area contributed by atoms with Crippen molar-refractivity contribution in [2.45, 2.75) is 64.7 Å². The van der Waals surface area contributed by atoms with Crippen molar-refractivity contribution in [2.75, 3.05) is 0 Å². The Morgan fingerprint density at radius 1 is 0.867 bits per heavy atom. The maximum Gasteiger partial charge on any atom is 0.120 e. The molecule has 0 aliphatic rings. The topological polar surface area (TPSA) is 17.1 Å². The van der Waals surface area contributed by atoms with Crippen molar-refractivity contribution in [1.82, 2.24) is 0 Å². The van der Waals surface area contributed by atoms with Crippen LogP contribution in [0.2, 0.25) is 0 Å². The Labute approximate surface area is 94.3 Å². The Balaban J connectivity index is 3.05. The monoisotopic (exact) mass is 208 g/mol. The second-order valence-corrected chi connectivity index (χ2v) is 3.93. The Bertz CT molecular complexity index is 188. The van der Waals surface area contributed by atoms with Crippen LogP contribution in [-0.2, 0) is 4.79 Å². The van der Waals surface area contributed by atoms with Crippen molar-refractivity contribution in [3.05, 3.63) is 18.2 Å². The zero-order valence-electron chi connectivity index (χ0n) is 10.0. The molecule has 0 bridgehead atoms. The molecule has 0 N–H and O–H groups in total. The van der Waals surface area contributed by atoms with E-state index in [0.29, 0.717) is 0 Å². The van der Waals surface area contributed by atoms with Crippen molar-refractivity contribution in [1.29, 1.82) is 0 Å². The highest BCUT2D eigenvalue weighted by molar-refractivity contribution is 5.44. The molecule has 0 aromatic heterocycles. The molecule has 15 heavy (non-hydrogen) atoms. The minimum atomic E-state index is 0.893. The average molecular weight is 208 g/mol. The third-order valence-corrected chi connectivity index (χ3v) is 2.44. The van der Waals surface area contributed by atoms with Crippen molar-refractivity contribution in [3.8, 4) is 0 Å². The fraction of sp³-hybridized carbons (Fsp3) is 0.714. The maximum atomic E-state index is 9.87. The van der Waals surface area contributed by atoms with Crippen LogP contribution in [-0.4, -0.2) is 5.94 Å². The van der Waals surface area contributed by atoms with E-state index in [1.54, 1.807) is 6.08 Å². The average Bonchev–Trinajstić information content (AvgIpc) is 2.26. The highest BCUT2D eigenvalue weighted by Gasteiger charge is 1.86. The van der Waals surface area contributed by atoms with Crippen LogP contribution in [0.15, 0.2) is 18.2 Å². The number of allylic oxidation sites excluding steroid dienone is 3. The SMILES string of the molecule is CCCCCC=CCCCCCC=C=O. The fourth-order valence-corrected chi connectivity index (χ4v) is 1.49. The quantitative estimate of drug-likeness (QED) is 0.294. The molecule has 1 heteroatoms. The lowest BCUT2D eigenvalue weighted by Gasteiger charge is -1.95. The molecule has 0 radical (unpaired) electrons. The van der Waals surface area contributed by atoms with Crippen molar-refractivity contribution in [2.24, 2.45) is 0 Å². The van der Waals surface area contributed by atoms with Gasteiger partial charge in [-0.3, -0.25) is 0 Å². The molecule has 0 unspecified atom stereocenters. The largest absolute Gasteiger partial charge is 0.234 e. The van der Waals surface area contributed by atoms with E-state index < -0.39 is 0 Å². The van der Waals surface area contributed by atoms with Gasteiger partial charge in [-0.2, -0.15) is 0 Å². The third-order valence-electron chi connectivity index (χ3n) is 2.44. The summed E-state index contributed by atoms with van der Waals surface area (Å²) in [4.78, 5) is 9.87. The van der Waals surface area contributed by atoms with Gasteiger partial charge in [-0.1, -0.05) is 38.3 Å². The van der Waals surface area contributed by atoms with Crippen molar-refractivity contribution >= 4 is 5.94 Å². The molecule has 0 heterocycles. The summed E-state index contributed by atoms with van der Waals surface area (Å²) in [6, 6.07) is 0. The first-order valence-electron chi connectivity index (χ1n) is 6.26. The Hall–Kier alpha value is -0.810. The lowest BCUT2D eigenvalue weighted by Crippen LogP contribution is -1.75. The summed E-state index contributed by atoms with van der Waals surface area (Å²) in [5, 5.41) is 0. The van der Waals surface area contributed by atoms with Crippen LogP contribution in [0.5, 0.6) is 0 Å². The van der Waals surface area contributed by atoms with Crippen LogP contribution in [0, 0.1) is 0 Å². The lowest BCUT2D eigenvalue weighted by molar-refractivity contribution is 0.567. The van der Waals surface area contributed by atoms with Crippen LogP contribution >= 0.6 is 0 Å². The summed E-state index contributed by atoms with van der Waals surface area (Å²) in [5.41, 5.74) is 0. The summed E-state index contributed by atoms with van der Waals surface area (Å²) in [6.07, 6.45) is 17.1. The molecule has 0 amide bonds. The van der Waals surface area contributed by atoms with Crippen LogP contribution in [0.25, 0.3) is 0 Å². The third kappa shape index (κ3) is 13.2. The molecule has 0 atom stereocenters. The predicted molar refractivity (Wildman–Crippen MR) is 66.6 cm³/mol. The molecule has 0 aliphatic carbocycles. The summed E-state index contributed by atoms with van der Waals surface area (Å²) < 4.78 is 0. The Kier molecular flexibility index (Phi) is 12.5. The van der Waals surface area contributed by atoms with Gasteiger partial charge in [0.15, 0.2) is 0 Å². The zero-order valence-corrected chi connectivity index (χ0v) is 10.0. The summed E-state index contributed by atoms with van der Waals surface area (Å²) >= 11 is 0. The summed E-state index contributed by atoms with van der Waals surface area (Å²) in [6.45, 7) is 2.23. The van der Waals surface area contributed by atoms with E-state index >= 15 is 0 Å². The van der Waals surface area contributed by atoms with E-state index in [1.165, 1.54) is 44.9 Å². The van der Waals surface area contributed by atoms with E-state index in [-0.39, 0.29) is 0 Å². The van der Waals surface area contributed by atoms with Gasteiger partial charge in [0.2, 0.25) is 0 Å². The minimum Gasteiger partial charge on any atom is -0.234 e. The fourth-order valence-electron chi connectivity index (χ4n) is 1.49. The molecule has 0 aliphatic heterocycles. The van der Waals surface area contributed by atoms with E-state index in [2.05, 4.69) is 19.1 Å². The molecule has 1 nitrogen and oxygen atoms in total. The van der Waals surface area contributed by atoms with Gasteiger partial charge in [0.05, 0.1) is 0 Å². The van der Waals surface area contributed by atoms with E-state index in [1.807, 2.05) is 5.94 Å². The number of unbranched alkanes of at least 4 members (excludes halogenated alkanes) is 7. The number of carbonyl (C=O) groups excluding carboxylic acids is 1. The van der Waals surface area contributed by atoms with Gasteiger partial charge in [0, 0.05) is 0 Å². The minimum absolute atomic E-state index is 0.893. The molecule has 86 valence electrons. The second-order valence-electron chi connectivity index (χ2n) is 3.93. The predicted octanol–water partition coefficient (Wildman–Crippen LogP) is 4.46. The number of hydrogen-bond donors (Lipinski definition) is 0. The van der Waals surface area contributed by atoms with Gasteiger partial charge in [-0.25, -0.2) is 4.79 Å². The first kappa shape index (κ1) is 14.2. The molecule has 0 saturated carbocycles. The van der Waals surface area contributed by atoms with E-state index in [9.17, 15) is 4.79 Å². The normalized spacial score (nSPS) is 10.5. The van der Waals surface area contributed by atoms with Crippen LogP contribution in [0.3, 0.4) is 0 Å². The second kappa shape index (κ2) is 13.2. The molecule has 0 spiro atoms. The molecule has 0 fully saturated rings. The number of hydrogen-bond acceptors (Lipinski definition) is 1. The van der Waals surface area contributed by atoms with Gasteiger partial charge in [-0.05, 0) is 44.6 Å². The van der Waals surface area contributed by atoms with Crippen LogP contribution < -0.4 is 0 Å². The van der Waals surface area contributed by atoms with Crippen LogP contribution in [0.1, 0.15) is 64.7 Å². The highest BCUT2D eigenvalue weighted by atomic mass is 16.1. The molecular formula is C14H24O. The first-order valence-corrected chi connectivity index (χ1v) is 6.26. The van der Waals surface area contributed by atoms with Crippen molar-refractivity contribution in [3.63, 3.8) is 0 Å². The zero-order chi connectivity index (χ0) is 11.2. The Morgan fingerprint density at radius 2 is 1.47 bits per heavy atom. The van der Waals surface area contributed by atoms with Gasteiger partial charge in [-0.15, -0.1) is 0 Å². The van der Waals surface area contributed by atoms with E-state index in [4.69, 9.17) is 0 Å². The number of rotatable bonds is 10. The van der Waals surface area contributed by atoms with E-state index in [0.717, 1.165) is 12.8 Å². The molecule has 0 rings (SSSR count). The first-order chi connectivity index (χ1) is 7.41. The summed E-state index contributed by atoms with van der Waals surface area (Å²) in [5.74, 6) is 1.81. The lowest BCUT2D eigenvalue weighted by atomic mass is 10.1. The van der Waals surface area contributed by atoms with Gasteiger partial charge < -0.3 is 0 Å². The van der Waals surface area contributed by atoms with Gasteiger partial charge in [0.1, 0.15) is 5.94 Å². The molecule has 0 aromatic carbocycles. The van der Waals surface area contributed by atoms with Crippen LogP contribution in [0.4, 0.5) is 0 Å². The highest BCUT2D eigenvalue weighted by Crippen LogP contribution is 2.05. The van der Waals surface area contributed by atoms with Crippen molar-refractivity contribution < 1.29 is 4.79 Å². The standard InChI is InChI=1S/C14H24O/c1-2-3-4-5-6-7-8-9-10-11-12-13-14-15/h6-7,13H,2-5,8-12H2,1H3. The summed E-state index contributed by atoms with van der Waals surface area (Å²) in [7, 11) is 0. The Morgan fingerprint density at radius 3 is 2.07 bits per heavy atom. The smallest absolute Gasteiger partial charge is 0.120 e. The van der Waals surface area contributed by atoms with Gasteiger partial charge >= 0.3 is 0 Å². The molecule has 0 saturated heterocycles. The van der Waals surface area contributed by atoms with Gasteiger partial charge in [0.25, 0.3) is 0 Å². The molecule has 0 aromatic rings. The maximum absolute atomic E-state index is 9.87. The molecular weight excluding hydrogens is 184 g/mol.